The number of para-hydroxylation sites is 1. The van der Waals surface area contributed by atoms with Crippen LogP contribution in [0.1, 0.15) is 22.8 Å². The van der Waals surface area contributed by atoms with Gasteiger partial charge in [-0.25, -0.2) is 0 Å². The lowest BCUT2D eigenvalue weighted by molar-refractivity contribution is -0.385. The number of nitrogens with one attached hydrogen (secondary N) is 1. The smallest absolute Gasteiger partial charge is 0.282 e. The van der Waals surface area contributed by atoms with Crippen molar-refractivity contribution >= 4 is 11.6 Å². The van der Waals surface area contributed by atoms with Crippen LogP contribution in [0.4, 0.5) is 5.69 Å². The predicted molar refractivity (Wildman–Crippen MR) is 86.2 cm³/mol. The summed E-state index contributed by atoms with van der Waals surface area (Å²) in [4.78, 5) is 22.6. The van der Waals surface area contributed by atoms with E-state index < -0.39 is 23.0 Å². The number of hydrogen-bond donors (Lipinski definition) is 2. The highest BCUT2D eigenvalue weighted by atomic mass is 16.6. The van der Waals surface area contributed by atoms with Crippen LogP contribution in [0, 0.1) is 10.1 Å². The number of aliphatic hydroxyl groups is 1. The van der Waals surface area contributed by atoms with Gasteiger partial charge in [0.25, 0.3) is 11.6 Å². The average molecular weight is 314 g/mol. The number of hydrogen-bond acceptors (Lipinski definition) is 4. The summed E-state index contributed by atoms with van der Waals surface area (Å²) in [6.07, 6.45) is -0.400. The zero-order chi connectivity index (χ0) is 16.8. The molecule has 120 valence electrons. The van der Waals surface area contributed by atoms with Gasteiger partial charge < -0.3 is 10.4 Å². The van der Waals surface area contributed by atoms with Crippen molar-refractivity contribution < 1.29 is 14.8 Å². The summed E-state index contributed by atoms with van der Waals surface area (Å²) < 4.78 is 0. The van der Waals surface area contributed by atoms with Gasteiger partial charge >= 0.3 is 0 Å². The lowest BCUT2D eigenvalue weighted by Gasteiger charge is -2.20. The summed E-state index contributed by atoms with van der Waals surface area (Å²) in [5.41, 5.74) is 0.679. The SMILES string of the molecule is CC(NC(=O)c1ccccc1[N+](=O)[O-])C(O)Cc1ccccc1. The second-order valence-corrected chi connectivity index (χ2v) is 5.29. The van der Waals surface area contributed by atoms with Gasteiger partial charge in [0.15, 0.2) is 0 Å². The second-order valence-electron chi connectivity index (χ2n) is 5.29. The third-order valence-corrected chi connectivity index (χ3v) is 3.57. The Labute approximate surface area is 133 Å². The lowest BCUT2D eigenvalue weighted by Crippen LogP contribution is -2.42. The molecule has 0 spiro atoms. The first kappa shape index (κ1) is 16.6. The minimum Gasteiger partial charge on any atom is -0.391 e. The first-order valence-electron chi connectivity index (χ1n) is 7.25. The van der Waals surface area contributed by atoms with E-state index in [9.17, 15) is 20.0 Å². The summed E-state index contributed by atoms with van der Waals surface area (Å²) >= 11 is 0. The van der Waals surface area contributed by atoms with Gasteiger partial charge in [0.2, 0.25) is 0 Å². The zero-order valence-corrected chi connectivity index (χ0v) is 12.7. The van der Waals surface area contributed by atoms with Crippen LogP contribution in [-0.4, -0.2) is 28.1 Å². The Balaban J connectivity index is 2.03. The number of carbonyl (C=O) groups is 1. The quantitative estimate of drug-likeness (QED) is 0.632. The van der Waals surface area contributed by atoms with E-state index in [2.05, 4.69) is 5.32 Å². The van der Waals surface area contributed by atoms with Crippen LogP contribution >= 0.6 is 0 Å². The summed E-state index contributed by atoms with van der Waals surface area (Å²) in [6.45, 7) is 1.67. The average Bonchev–Trinajstić information content (AvgIpc) is 2.55. The summed E-state index contributed by atoms with van der Waals surface area (Å²) in [6, 6.07) is 14.6. The van der Waals surface area contributed by atoms with E-state index in [1.807, 2.05) is 30.3 Å². The van der Waals surface area contributed by atoms with Crippen molar-refractivity contribution in [2.24, 2.45) is 0 Å². The molecule has 1 amide bonds. The molecule has 2 unspecified atom stereocenters. The standard InChI is InChI=1S/C17H18N2O4/c1-12(16(20)11-13-7-3-2-4-8-13)18-17(21)14-9-5-6-10-15(14)19(22)23/h2-10,12,16,20H,11H2,1H3,(H,18,21). The molecule has 0 saturated heterocycles. The molecular weight excluding hydrogens is 296 g/mol. The van der Waals surface area contributed by atoms with Crippen molar-refractivity contribution in [3.8, 4) is 0 Å². The molecule has 2 aromatic rings. The lowest BCUT2D eigenvalue weighted by atomic mass is 10.0. The van der Waals surface area contributed by atoms with Crippen LogP contribution < -0.4 is 5.32 Å². The van der Waals surface area contributed by atoms with E-state index in [1.165, 1.54) is 18.2 Å². The van der Waals surface area contributed by atoms with Crippen LogP contribution in [-0.2, 0) is 6.42 Å². The van der Waals surface area contributed by atoms with E-state index in [0.717, 1.165) is 5.56 Å². The predicted octanol–water partition coefficient (Wildman–Crippen LogP) is 2.32. The summed E-state index contributed by atoms with van der Waals surface area (Å²) in [5, 5.41) is 23.8. The van der Waals surface area contributed by atoms with Crippen LogP contribution in [0.3, 0.4) is 0 Å². The second kappa shape index (κ2) is 7.51. The van der Waals surface area contributed by atoms with Crippen molar-refractivity contribution in [1.82, 2.24) is 5.32 Å². The van der Waals surface area contributed by atoms with Gasteiger partial charge in [0.05, 0.1) is 17.1 Å². The van der Waals surface area contributed by atoms with Gasteiger partial charge in [0.1, 0.15) is 5.56 Å². The molecule has 0 radical (unpaired) electrons. The molecular formula is C17H18N2O4. The number of nitrogens with zero attached hydrogens (tertiary/aromatic N) is 1. The van der Waals surface area contributed by atoms with E-state index in [1.54, 1.807) is 13.0 Å². The molecule has 6 heteroatoms. The van der Waals surface area contributed by atoms with Crippen molar-refractivity contribution in [3.05, 3.63) is 75.8 Å². The van der Waals surface area contributed by atoms with E-state index >= 15 is 0 Å². The minimum atomic E-state index is -0.788. The Morgan fingerprint density at radius 3 is 2.43 bits per heavy atom. The van der Waals surface area contributed by atoms with Crippen LogP contribution in [0.25, 0.3) is 0 Å². The van der Waals surface area contributed by atoms with Crippen molar-refractivity contribution in [3.63, 3.8) is 0 Å². The van der Waals surface area contributed by atoms with Crippen molar-refractivity contribution in [2.75, 3.05) is 0 Å². The molecule has 0 saturated carbocycles. The molecule has 0 aromatic heterocycles. The molecule has 6 nitrogen and oxygen atoms in total. The van der Waals surface area contributed by atoms with E-state index in [-0.39, 0.29) is 11.3 Å². The van der Waals surface area contributed by atoms with Crippen molar-refractivity contribution in [2.45, 2.75) is 25.5 Å². The summed E-state index contributed by atoms with van der Waals surface area (Å²) in [5.74, 6) is -0.572. The van der Waals surface area contributed by atoms with Gasteiger partial charge in [-0.1, -0.05) is 42.5 Å². The Hall–Kier alpha value is -2.73. The maximum atomic E-state index is 12.2. The molecule has 0 fully saturated rings. The Kier molecular flexibility index (Phi) is 5.43. The monoisotopic (exact) mass is 314 g/mol. The fraction of sp³-hybridized carbons (Fsp3) is 0.235. The van der Waals surface area contributed by atoms with Gasteiger partial charge in [-0.15, -0.1) is 0 Å². The molecule has 0 heterocycles. The normalized spacial score (nSPS) is 13.1. The number of nitro benzene ring substituents is 1. The molecule has 23 heavy (non-hydrogen) atoms. The van der Waals surface area contributed by atoms with Crippen LogP contribution in [0.5, 0.6) is 0 Å². The van der Waals surface area contributed by atoms with E-state index in [0.29, 0.717) is 6.42 Å². The number of aliphatic hydroxyl groups excluding tert-OH is 1. The maximum absolute atomic E-state index is 12.2. The van der Waals surface area contributed by atoms with Gasteiger partial charge in [-0.2, -0.15) is 0 Å². The highest BCUT2D eigenvalue weighted by Crippen LogP contribution is 2.17. The van der Waals surface area contributed by atoms with Crippen LogP contribution in [0.15, 0.2) is 54.6 Å². The molecule has 2 atom stereocenters. The number of amides is 1. The van der Waals surface area contributed by atoms with Gasteiger partial charge in [0, 0.05) is 12.5 Å². The molecule has 2 N–H and O–H groups in total. The third-order valence-electron chi connectivity index (χ3n) is 3.57. The van der Waals surface area contributed by atoms with Gasteiger partial charge in [-0.05, 0) is 18.6 Å². The fourth-order valence-electron chi connectivity index (χ4n) is 2.24. The number of carbonyl (C=O) groups excluding carboxylic acids is 1. The highest BCUT2D eigenvalue weighted by molar-refractivity contribution is 5.98. The highest BCUT2D eigenvalue weighted by Gasteiger charge is 2.23. The topological polar surface area (TPSA) is 92.5 Å². The molecule has 2 aromatic carbocycles. The number of benzene rings is 2. The fourth-order valence-corrected chi connectivity index (χ4v) is 2.24. The number of nitro groups is 1. The van der Waals surface area contributed by atoms with E-state index in [4.69, 9.17) is 0 Å². The largest absolute Gasteiger partial charge is 0.391 e. The zero-order valence-electron chi connectivity index (χ0n) is 12.7. The third kappa shape index (κ3) is 4.37. The van der Waals surface area contributed by atoms with Crippen LogP contribution in [0.2, 0.25) is 0 Å². The molecule has 0 bridgehead atoms. The molecule has 0 aliphatic rings. The molecule has 2 rings (SSSR count). The minimum absolute atomic E-state index is 0.0174. The Morgan fingerprint density at radius 1 is 1.17 bits per heavy atom. The van der Waals surface area contributed by atoms with Crippen molar-refractivity contribution in [1.29, 1.82) is 0 Å². The maximum Gasteiger partial charge on any atom is 0.282 e. The number of rotatable bonds is 6. The Morgan fingerprint density at radius 2 is 1.78 bits per heavy atom. The first-order valence-corrected chi connectivity index (χ1v) is 7.25. The Bertz CT molecular complexity index is 688. The van der Waals surface area contributed by atoms with Gasteiger partial charge in [-0.3, -0.25) is 14.9 Å². The molecule has 0 aliphatic carbocycles. The summed E-state index contributed by atoms with van der Waals surface area (Å²) in [7, 11) is 0. The first-order chi connectivity index (χ1) is 11.0. The molecule has 0 aliphatic heterocycles.